The molecule has 0 atom stereocenters. The van der Waals surface area contributed by atoms with Crippen molar-refractivity contribution in [3.05, 3.63) is 71.0 Å². The topological polar surface area (TPSA) is 83.5 Å². The van der Waals surface area contributed by atoms with Crippen LogP contribution in [-0.4, -0.2) is 19.5 Å². The van der Waals surface area contributed by atoms with Gasteiger partial charge in [0.15, 0.2) is 0 Å². The molecule has 3 rings (SSSR count). The molecule has 0 aromatic heterocycles. The summed E-state index contributed by atoms with van der Waals surface area (Å²) in [5.41, 5.74) is -0.494. The molecular weight excluding hydrogens is 369 g/mol. The molecule has 0 bridgehead atoms. The molecule has 3 aromatic carbocycles. The summed E-state index contributed by atoms with van der Waals surface area (Å²) >= 11 is 6.12. The number of carboxylic acid groups (broad SMARTS) is 1. The number of nitrogens with one attached hydrogen (secondary N) is 1. The number of rotatable bonds is 4. The molecule has 2 N–H and O–H groups in total. The van der Waals surface area contributed by atoms with Crippen LogP contribution in [0, 0.1) is 5.82 Å². The van der Waals surface area contributed by atoms with Crippen molar-refractivity contribution in [2.75, 3.05) is 4.72 Å². The van der Waals surface area contributed by atoms with Crippen LogP contribution >= 0.6 is 11.6 Å². The highest BCUT2D eigenvalue weighted by Gasteiger charge is 2.23. The second kappa shape index (κ2) is 6.34. The Morgan fingerprint density at radius 2 is 1.72 bits per heavy atom. The average Bonchev–Trinajstić information content (AvgIpc) is 2.55. The first-order chi connectivity index (χ1) is 11.8. The molecule has 0 aliphatic carbocycles. The number of carboxylic acids is 1. The Bertz CT molecular complexity index is 1080. The Balaban J connectivity index is 2.18. The van der Waals surface area contributed by atoms with Gasteiger partial charge in [-0.1, -0.05) is 35.9 Å². The van der Waals surface area contributed by atoms with Crippen molar-refractivity contribution in [1.82, 2.24) is 0 Å². The predicted molar refractivity (Wildman–Crippen MR) is 93.1 cm³/mol. The van der Waals surface area contributed by atoms with Gasteiger partial charge in [-0.15, -0.1) is 0 Å². The van der Waals surface area contributed by atoms with E-state index in [1.165, 1.54) is 6.07 Å². The molecule has 0 amide bonds. The number of halogens is 2. The van der Waals surface area contributed by atoms with Crippen LogP contribution in [0.25, 0.3) is 10.8 Å². The second-order valence-corrected chi connectivity index (χ2v) is 7.28. The average molecular weight is 380 g/mol. The standard InChI is InChI=1S/C17H11ClFNO4S/c18-14-9-10-3-1-2-4-13(10)15(17(21)22)16(14)20-25(23,24)12-7-5-11(19)6-8-12/h1-9,20H,(H,21,22). The maximum atomic E-state index is 13.0. The highest BCUT2D eigenvalue weighted by Crippen LogP contribution is 2.35. The minimum absolute atomic E-state index is 0.0539. The van der Waals surface area contributed by atoms with Gasteiger partial charge in [-0.2, -0.15) is 0 Å². The molecule has 128 valence electrons. The van der Waals surface area contributed by atoms with Crippen LogP contribution in [0.1, 0.15) is 10.4 Å². The summed E-state index contributed by atoms with van der Waals surface area (Å²) in [6, 6.07) is 12.2. The summed E-state index contributed by atoms with van der Waals surface area (Å²) < 4.78 is 40.2. The summed E-state index contributed by atoms with van der Waals surface area (Å²) in [6.45, 7) is 0. The van der Waals surface area contributed by atoms with Crippen LogP contribution in [0.5, 0.6) is 0 Å². The van der Waals surface area contributed by atoms with Crippen LogP contribution in [-0.2, 0) is 10.0 Å². The molecule has 0 aliphatic rings. The first kappa shape index (κ1) is 17.2. The summed E-state index contributed by atoms with van der Waals surface area (Å²) in [5.74, 6) is -1.91. The largest absolute Gasteiger partial charge is 0.478 e. The van der Waals surface area contributed by atoms with Crippen LogP contribution in [0.4, 0.5) is 10.1 Å². The van der Waals surface area contributed by atoms with Crippen molar-refractivity contribution in [2.45, 2.75) is 4.90 Å². The van der Waals surface area contributed by atoms with Gasteiger partial charge in [0.25, 0.3) is 10.0 Å². The van der Waals surface area contributed by atoms with E-state index in [1.54, 1.807) is 24.3 Å². The molecule has 5 nitrogen and oxygen atoms in total. The lowest BCUT2D eigenvalue weighted by atomic mass is 10.0. The molecule has 3 aromatic rings. The number of anilines is 1. The van der Waals surface area contributed by atoms with E-state index >= 15 is 0 Å². The third-order valence-corrected chi connectivity index (χ3v) is 5.24. The molecule has 0 spiro atoms. The van der Waals surface area contributed by atoms with E-state index in [-0.39, 0.29) is 21.2 Å². The summed E-state index contributed by atoms with van der Waals surface area (Å²) in [7, 11) is -4.14. The normalized spacial score (nSPS) is 11.4. The number of benzene rings is 3. The van der Waals surface area contributed by atoms with Gasteiger partial charge in [0.1, 0.15) is 5.82 Å². The smallest absolute Gasteiger partial charge is 0.338 e. The molecule has 0 saturated heterocycles. The lowest BCUT2D eigenvalue weighted by Crippen LogP contribution is -2.16. The number of fused-ring (bicyclic) bond motifs is 1. The van der Waals surface area contributed by atoms with Gasteiger partial charge < -0.3 is 5.11 Å². The number of carbonyl (C=O) groups is 1. The monoisotopic (exact) mass is 379 g/mol. The van der Waals surface area contributed by atoms with E-state index in [1.807, 2.05) is 0 Å². The van der Waals surface area contributed by atoms with Crippen molar-refractivity contribution < 1.29 is 22.7 Å². The Morgan fingerprint density at radius 1 is 1.08 bits per heavy atom. The SMILES string of the molecule is O=C(O)c1c(NS(=O)(=O)c2ccc(F)cc2)c(Cl)cc2ccccc12. The second-order valence-electron chi connectivity index (χ2n) is 5.19. The third kappa shape index (κ3) is 3.29. The van der Waals surface area contributed by atoms with Gasteiger partial charge in [0.05, 0.1) is 21.2 Å². The third-order valence-electron chi connectivity index (χ3n) is 3.58. The van der Waals surface area contributed by atoms with E-state index in [0.29, 0.717) is 10.8 Å². The molecular formula is C17H11ClFNO4S. The number of hydrogen-bond donors (Lipinski definition) is 2. The van der Waals surface area contributed by atoms with Crippen LogP contribution < -0.4 is 4.72 Å². The first-order valence-electron chi connectivity index (χ1n) is 7.02. The zero-order valence-electron chi connectivity index (χ0n) is 12.5. The Kier molecular flexibility index (Phi) is 4.36. The quantitative estimate of drug-likeness (QED) is 0.713. The predicted octanol–water partition coefficient (Wildman–Crippen LogP) is 4.13. The number of aromatic carboxylic acids is 1. The van der Waals surface area contributed by atoms with Gasteiger partial charge in [0, 0.05) is 0 Å². The zero-order valence-corrected chi connectivity index (χ0v) is 14.1. The summed E-state index contributed by atoms with van der Waals surface area (Å²) in [6.07, 6.45) is 0. The maximum Gasteiger partial charge on any atom is 0.338 e. The number of hydrogen-bond acceptors (Lipinski definition) is 3. The van der Waals surface area contributed by atoms with Crippen molar-refractivity contribution in [1.29, 1.82) is 0 Å². The van der Waals surface area contributed by atoms with Gasteiger partial charge >= 0.3 is 5.97 Å². The molecule has 25 heavy (non-hydrogen) atoms. The molecule has 0 fully saturated rings. The molecule has 8 heteroatoms. The summed E-state index contributed by atoms with van der Waals surface area (Å²) in [4.78, 5) is 11.5. The van der Waals surface area contributed by atoms with Crippen LogP contribution in [0.15, 0.2) is 59.5 Å². The van der Waals surface area contributed by atoms with E-state index in [4.69, 9.17) is 11.6 Å². The summed E-state index contributed by atoms with van der Waals surface area (Å²) in [5, 5.41) is 10.4. The maximum absolute atomic E-state index is 13.0. The fraction of sp³-hybridized carbons (Fsp3) is 0. The van der Waals surface area contributed by atoms with Crippen LogP contribution in [0.3, 0.4) is 0 Å². The van der Waals surface area contributed by atoms with E-state index < -0.39 is 21.8 Å². The minimum Gasteiger partial charge on any atom is -0.478 e. The van der Waals surface area contributed by atoms with Gasteiger partial charge in [-0.05, 0) is 41.1 Å². The van der Waals surface area contributed by atoms with Crippen molar-refractivity contribution >= 4 is 44.1 Å². The molecule has 0 saturated carbocycles. The first-order valence-corrected chi connectivity index (χ1v) is 8.88. The Hall–Kier alpha value is -2.64. The lowest BCUT2D eigenvalue weighted by molar-refractivity contribution is 0.0700. The molecule has 0 aliphatic heterocycles. The number of sulfonamides is 1. The zero-order chi connectivity index (χ0) is 18.2. The van der Waals surface area contributed by atoms with Gasteiger partial charge in [-0.25, -0.2) is 17.6 Å². The fourth-order valence-electron chi connectivity index (χ4n) is 2.44. The van der Waals surface area contributed by atoms with Gasteiger partial charge in [-0.3, -0.25) is 4.72 Å². The van der Waals surface area contributed by atoms with Crippen molar-refractivity contribution in [3.8, 4) is 0 Å². The fourth-order valence-corrected chi connectivity index (χ4v) is 3.85. The molecule has 0 heterocycles. The highest BCUT2D eigenvalue weighted by atomic mass is 35.5. The van der Waals surface area contributed by atoms with E-state index in [9.17, 15) is 22.7 Å². The molecule has 0 unspecified atom stereocenters. The molecule has 0 radical (unpaired) electrons. The highest BCUT2D eigenvalue weighted by molar-refractivity contribution is 7.92. The van der Waals surface area contributed by atoms with Crippen LogP contribution in [0.2, 0.25) is 5.02 Å². The lowest BCUT2D eigenvalue weighted by Gasteiger charge is -2.14. The Labute approximate surface area is 147 Å². The van der Waals surface area contributed by atoms with E-state index in [0.717, 1.165) is 24.3 Å². The Morgan fingerprint density at radius 3 is 2.36 bits per heavy atom. The van der Waals surface area contributed by atoms with E-state index in [2.05, 4.69) is 4.72 Å². The van der Waals surface area contributed by atoms with Crippen molar-refractivity contribution in [3.63, 3.8) is 0 Å². The van der Waals surface area contributed by atoms with Crippen molar-refractivity contribution in [2.24, 2.45) is 0 Å². The minimum atomic E-state index is -4.14. The van der Waals surface area contributed by atoms with Gasteiger partial charge in [0.2, 0.25) is 0 Å².